The zero-order valence-corrected chi connectivity index (χ0v) is 13.4. The van der Waals surface area contributed by atoms with Crippen molar-refractivity contribution in [3.63, 3.8) is 0 Å². The molecule has 1 aliphatic carbocycles. The van der Waals surface area contributed by atoms with Crippen molar-refractivity contribution >= 4 is 11.3 Å². The fourth-order valence-electron chi connectivity index (χ4n) is 3.00. The van der Waals surface area contributed by atoms with Crippen molar-refractivity contribution in [1.82, 2.24) is 10.3 Å². The van der Waals surface area contributed by atoms with Gasteiger partial charge in [0.05, 0.1) is 5.01 Å². The summed E-state index contributed by atoms with van der Waals surface area (Å²) in [5.41, 5.74) is 0. The number of nitrogens with one attached hydrogen (secondary N) is 1. The molecule has 108 valence electrons. The van der Waals surface area contributed by atoms with E-state index in [0.29, 0.717) is 6.04 Å². The lowest BCUT2D eigenvalue weighted by molar-refractivity contribution is 0.308. The Morgan fingerprint density at radius 1 is 1.32 bits per heavy atom. The van der Waals surface area contributed by atoms with Crippen LogP contribution in [-0.2, 0) is 6.54 Å². The van der Waals surface area contributed by atoms with Crippen LogP contribution >= 0.6 is 11.3 Å². The predicted molar refractivity (Wildman–Crippen MR) is 83.7 cm³/mol. The Morgan fingerprint density at radius 3 is 2.68 bits per heavy atom. The monoisotopic (exact) mass is 280 g/mol. The number of hydrogen-bond acceptors (Lipinski definition) is 3. The first-order valence-electron chi connectivity index (χ1n) is 7.87. The maximum absolute atomic E-state index is 4.67. The van der Waals surface area contributed by atoms with E-state index in [-0.39, 0.29) is 0 Å². The molecule has 3 heteroatoms. The Balaban J connectivity index is 1.82. The quantitative estimate of drug-likeness (QED) is 0.816. The van der Waals surface area contributed by atoms with E-state index in [1.165, 1.54) is 48.4 Å². The van der Waals surface area contributed by atoms with Gasteiger partial charge < -0.3 is 5.32 Å². The fourth-order valence-corrected chi connectivity index (χ4v) is 4.04. The maximum Gasteiger partial charge on any atom is 0.0959 e. The zero-order chi connectivity index (χ0) is 13.7. The molecule has 0 spiro atoms. The van der Waals surface area contributed by atoms with Gasteiger partial charge in [0.1, 0.15) is 0 Å². The van der Waals surface area contributed by atoms with E-state index >= 15 is 0 Å². The van der Waals surface area contributed by atoms with Crippen molar-refractivity contribution in [2.24, 2.45) is 5.92 Å². The molecule has 1 N–H and O–H groups in total. The van der Waals surface area contributed by atoms with Gasteiger partial charge in [-0.05, 0) is 31.6 Å². The average Bonchev–Trinajstić information content (AvgIpc) is 2.86. The van der Waals surface area contributed by atoms with Crippen LogP contribution in [0.15, 0.2) is 6.20 Å². The van der Waals surface area contributed by atoms with E-state index in [2.05, 4.69) is 37.3 Å². The fraction of sp³-hybridized carbons (Fsp3) is 0.812. The van der Waals surface area contributed by atoms with Crippen LogP contribution in [0.3, 0.4) is 0 Å². The van der Waals surface area contributed by atoms with Crippen molar-refractivity contribution in [3.05, 3.63) is 16.1 Å². The molecule has 2 nitrogen and oxygen atoms in total. The first-order valence-corrected chi connectivity index (χ1v) is 8.68. The number of rotatable bonds is 6. The second-order valence-electron chi connectivity index (χ2n) is 6.21. The summed E-state index contributed by atoms with van der Waals surface area (Å²) in [5.74, 6) is 1.73. The van der Waals surface area contributed by atoms with E-state index in [0.717, 1.165) is 18.4 Å². The highest BCUT2D eigenvalue weighted by atomic mass is 32.1. The van der Waals surface area contributed by atoms with Crippen molar-refractivity contribution in [3.8, 4) is 0 Å². The molecule has 0 amide bonds. The summed E-state index contributed by atoms with van der Waals surface area (Å²) in [7, 11) is 0. The summed E-state index contributed by atoms with van der Waals surface area (Å²) >= 11 is 1.92. The van der Waals surface area contributed by atoms with Crippen LogP contribution in [0.5, 0.6) is 0 Å². The molecule has 1 aromatic heterocycles. The van der Waals surface area contributed by atoms with E-state index < -0.39 is 0 Å². The smallest absolute Gasteiger partial charge is 0.0959 e. The molecule has 2 rings (SSSR count). The topological polar surface area (TPSA) is 24.9 Å². The lowest BCUT2D eigenvalue weighted by atomic mass is 9.80. The van der Waals surface area contributed by atoms with Crippen LogP contribution in [0.25, 0.3) is 0 Å². The summed E-state index contributed by atoms with van der Waals surface area (Å²) in [6.07, 6.45) is 10.4. The van der Waals surface area contributed by atoms with Gasteiger partial charge in [-0.25, -0.2) is 4.98 Å². The van der Waals surface area contributed by atoms with Crippen molar-refractivity contribution < 1.29 is 0 Å². The van der Waals surface area contributed by atoms with E-state index in [1.807, 2.05) is 11.3 Å². The van der Waals surface area contributed by atoms with Crippen LogP contribution in [0.1, 0.15) is 75.1 Å². The third-order valence-corrected chi connectivity index (χ3v) is 5.31. The molecule has 0 atom stereocenters. The highest BCUT2D eigenvalue weighted by Crippen LogP contribution is 2.38. The van der Waals surface area contributed by atoms with Crippen LogP contribution < -0.4 is 5.32 Å². The van der Waals surface area contributed by atoms with Crippen LogP contribution in [0.4, 0.5) is 0 Å². The molecular weight excluding hydrogens is 252 g/mol. The molecule has 1 heterocycles. The molecule has 0 bridgehead atoms. The van der Waals surface area contributed by atoms with Gasteiger partial charge in [0, 0.05) is 29.6 Å². The normalized spacial score (nSPS) is 24.0. The summed E-state index contributed by atoms with van der Waals surface area (Å²) in [6.45, 7) is 7.66. The molecule has 0 aliphatic heterocycles. The van der Waals surface area contributed by atoms with Gasteiger partial charge in [0.25, 0.3) is 0 Å². The van der Waals surface area contributed by atoms with Crippen molar-refractivity contribution in [2.75, 3.05) is 0 Å². The lowest BCUT2D eigenvalue weighted by Gasteiger charge is -2.26. The number of nitrogens with zero attached hydrogens (tertiary/aromatic N) is 1. The molecule has 0 aromatic carbocycles. The predicted octanol–water partition coefficient (Wildman–Crippen LogP) is 4.72. The van der Waals surface area contributed by atoms with Gasteiger partial charge in [0.2, 0.25) is 0 Å². The van der Waals surface area contributed by atoms with E-state index in [4.69, 9.17) is 0 Å². The number of aromatic nitrogens is 1. The molecule has 1 aliphatic rings. The van der Waals surface area contributed by atoms with Crippen LogP contribution in [0, 0.1) is 5.92 Å². The third kappa shape index (κ3) is 4.57. The number of thiazole rings is 1. The van der Waals surface area contributed by atoms with Crippen LogP contribution in [0.2, 0.25) is 0 Å². The summed E-state index contributed by atoms with van der Waals surface area (Å²) in [5, 5.41) is 4.86. The zero-order valence-electron chi connectivity index (χ0n) is 12.6. The van der Waals surface area contributed by atoms with Gasteiger partial charge >= 0.3 is 0 Å². The molecular formula is C16H28N2S. The lowest BCUT2D eigenvalue weighted by Crippen LogP contribution is -2.21. The molecule has 1 saturated carbocycles. The largest absolute Gasteiger partial charge is 0.310 e. The first-order chi connectivity index (χ1) is 9.19. The second kappa shape index (κ2) is 7.39. The molecule has 0 unspecified atom stereocenters. The first kappa shape index (κ1) is 15.0. The van der Waals surface area contributed by atoms with E-state index in [1.54, 1.807) is 0 Å². The third-order valence-electron chi connectivity index (χ3n) is 4.15. The number of hydrogen-bond donors (Lipinski definition) is 1. The summed E-state index contributed by atoms with van der Waals surface area (Å²) in [4.78, 5) is 6.06. The van der Waals surface area contributed by atoms with Gasteiger partial charge in [-0.2, -0.15) is 0 Å². The molecule has 0 radical (unpaired) electrons. The summed E-state index contributed by atoms with van der Waals surface area (Å²) < 4.78 is 0. The highest BCUT2D eigenvalue weighted by Gasteiger charge is 2.23. The van der Waals surface area contributed by atoms with Gasteiger partial charge in [-0.3, -0.25) is 0 Å². The molecule has 1 fully saturated rings. The minimum atomic E-state index is 0.551. The van der Waals surface area contributed by atoms with E-state index in [9.17, 15) is 0 Å². The van der Waals surface area contributed by atoms with Crippen molar-refractivity contribution in [1.29, 1.82) is 0 Å². The molecule has 0 saturated heterocycles. The Labute approximate surface area is 122 Å². The minimum absolute atomic E-state index is 0.551. The van der Waals surface area contributed by atoms with Crippen molar-refractivity contribution in [2.45, 2.75) is 77.8 Å². The summed E-state index contributed by atoms with van der Waals surface area (Å²) in [6, 6.07) is 0.551. The Hall–Kier alpha value is -0.410. The Morgan fingerprint density at radius 2 is 2.05 bits per heavy atom. The Bertz CT molecular complexity index is 365. The average molecular weight is 280 g/mol. The van der Waals surface area contributed by atoms with Gasteiger partial charge in [0.15, 0.2) is 0 Å². The van der Waals surface area contributed by atoms with Gasteiger partial charge in [-0.15, -0.1) is 11.3 Å². The van der Waals surface area contributed by atoms with Crippen LogP contribution in [-0.4, -0.2) is 11.0 Å². The molecule has 1 aromatic rings. The SMILES string of the molecule is CCCC1CCC(c2ncc(CNC(C)C)s2)CC1. The minimum Gasteiger partial charge on any atom is -0.310 e. The Kier molecular flexibility index (Phi) is 5.83. The maximum atomic E-state index is 4.67. The molecule has 19 heavy (non-hydrogen) atoms. The standard InChI is InChI=1S/C16H28N2S/c1-4-5-13-6-8-14(9-7-13)16-18-11-15(19-16)10-17-12(2)3/h11-14,17H,4-10H2,1-3H3. The second-order valence-corrected chi connectivity index (χ2v) is 7.35. The highest BCUT2D eigenvalue weighted by molar-refractivity contribution is 7.11. The van der Waals surface area contributed by atoms with Gasteiger partial charge in [-0.1, -0.05) is 33.6 Å².